The molecule has 0 radical (unpaired) electrons. The molecule has 0 aliphatic rings. The van der Waals surface area contributed by atoms with E-state index < -0.39 is 0 Å². The lowest BCUT2D eigenvalue weighted by atomic mass is 10.1. The molecule has 0 fully saturated rings. The van der Waals surface area contributed by atoms with Crippen LogP contribution in [-0.4, -0.2) is 6.54 Å². The van der Waals surface area contributed by atoms with Crippen molar-refractivity contribution in [3.05, 3.63) is 58.1 Å². The van der Waals surface area contributed by atoms with Gasteiger partial charge in [0.15, 0.2) is 0 Å². The minimum absolute atomic E-state index is 0.688. The van der Waals surface area contributed by atoms with Crippen molar-refractivity contribution < 1.29 is 4.74 Å². The zero-order valence-corrected chi connectivity index (χ0v) is 13.6. The number of benzene rings is 2. The average Bonchev–Trinajstić information content (AvgIpc) is 2.45. The third kappa shape index (κ3) is 4.48. The van der Waals surface area contributed by atoms with E-state index in [1.54, 1.807) is 0 Å². The second-order valence-electron chi connectivity index (χ2n) is 5.28. The van der Waals surface area contributed by atoms with E-state index in [0.717, 1.165) is 36.6 Å². The van der Waals surface area contributed by atoms with E-state index in [9.17, 15) is 0 Å². The predicted octanol–water partition coefficient (Wildman–Crippen LogP) is 5.25. The van der Waals surface area contributed by atoms with Gasteiger partial charge in [-0.15, -0.1) is 0 Å². The molecule has 0 amide bonds. The van der Waals surface area contributed by atoms with Crippen LogP contribution in [0.3, 0.4) is 0 Å². The normalized spacial score (nSPS) is 10.7. The van der Waals surface area contributed by atoms with Gasteiger partial charge in [-0.2, -0.15) is 0 Å². The van der Waals surface area contributed by atoms with E-state index in [0.29, 0.717) is 5.02 Å². The summed E-state index contributed by atoms with van der Waals surface area (Å²) in [4.78, 5) is 0. The summed E-state index contributed by atoms with van der Waals surface area (Å²) in [5, 5.41) is 4.08. The highest BCUT2D eigenvalue weighted by molar-refractivity contribution is 6.30. The van der Waals surface area contributed by atoms with Crippen LogP contribution in [0.25, 0.3) is 0 Å². The topological polar surface area (TPSA) is 21.3 Å². The Morgan fingerprint density at radius 3 is 2.57 bits per heavy atom. The average molecular weight is 304 g/mol. The quantitative estimate of drug-likeness (QED) is 0.736. The Kier molecular flexibility index (Phi) is 5.66. The highest BCUT2D eigenvalue weighted by atomic mass is 35.5. The summed E-state index contributed by atoms with van der Waals surface area (Å²) in [5.74, 6) is 1.66. The number of hydrogen-bond donors (Lipinski definition) is 1. The maximum atomic E-state index is 6.10. The zero-order chi connectivity index (χ0) is 15.2. The Balaban J connectivity index is 2.20. The Bertz CT molecular complexity index is 610. The maximum Gasteiger partial charge on any atom is 0.133 e. The number of ether oxygens (including phenoxy) is 1. The molecule has 0 saturated carbocycles. The summed E-state index contributed by atoms with van der Waals surface area (Å²) in [7, 11) is 0. The summed E-state index contributed by atoms with van der Waals surface area (Å²) in [6.07, 6.45) is 1.11. The van der Waals surface area contributed by atoms with Gasteiger partial charge >= 0.3 is 0 Å². The highest BCUT2D eigenvalue weighted by Gasteiger charge is 2.07. The van der Waals surface area contributed by atoms with Gasteiger partial charge in [-0.3, -0.25) is 0 Å². The van der Waals surface area contributed by atoms with Crippen LogP contribution in [0.15, 0.2) is 36.4 Å². The first-order valence-electron chi connectivity index (χ1n) is 7.34. The highest BCUT2D eigenvalue weighted by Crippen LogP contribution is 2.29. The molecule has 2 nitrogen and oxygen atoms in total. The molecule has 0 aromatic heterocycles. The fourth-order valence-electron chi connectivity index (χ4n) is 2.07. The molecule has 0 bridgehead atoms. The van der Waals surface area contributed by atoms with Gasteiger partial charge in [0, 0.05) is 17.1 Å². The van der Waals surface area contributed by atoms with E-state index in [4.69, 9.17) is 16.3 Å². The molecule has 0 aliphatic heterocycles. The van der Waals surface area contributed by atoms with Crippen molar-refractivity contribution in [3.63, 3.8) is 0 Å². The van der Waals surface area contributed by atoms with Gasteiger partial charge in [0.1, 0.15) is 11.5 Å². The van der Waals surface area contributed by atoms with E-state index in [1.807, 2.05) is 24.3 Å². The lowest BCUT2D eigenvalue weighted by Gasteiger charge is -2.13. The number of hydrogen-bond acceptors (Lipinski definition) is 2. The van der Waals surface area contributed by atoms with Crippen LogP contribution in [0.4, 0.5) is 0 Å². The lowest BCUT2D eigenvalue weighted by molar-refractivity contribution is 0.472. The standard InChI is InChI=1S/C18H22ClNO/c1-4-9-20-12-15-6-7-16(19)11-18(15)21-17-8-5-13(2)14(3)10-17/h5-8,10-11,20H,4,9,12H2,1-3H3. The number of rotatable bonds is 6. The van der Waals surface area contributed by atoms with E-state index in [2.05, 4.69) is 38.2 Å². The molecular formula is C18H22ClNO. The molecule has 2 aromatic rings. The molecule has 1 N–H and O–H groups in total. The van der Waals surface area contributed by atoms with Crippen LogP contribution in [0.1, 0.15) is 30.0 Å². The van der Waals surface area contributed by atoms with Gasteiger partial charge in [-0.05, 0) is 62.2 Å². The maximum absolute atomic E-state index is 6.10. The van der Waals surface area contributed by atoms with Gasteiger partial charge in [0.05, 0.1) is 0 Å². The SMILES string of the molecule is CCCNCc1ccc(Cl)cc1Oc1ccc(C)c(C)c1. The predicted molar refractivity (Wildman–Crippen MR) is 89.4 cm³/mol. The Labute approximate surface area is 132 Å². The van der Waals surface area contributed by atoms with E-state index in [1.165, 1.54) is 11.1 Å². The molecule has 0 heterocycles. The lowest BCUT2D eigenvalue weighted by Crippen LogP contribution is -2.14. The van der Waals surface area contributed by atoms with Gasteiger partial charge in [0.2, 0.25) is 0 Å². The smallest absolute Gasteiger partial charge is 0.133 e. The Morgan fingerprint density at radius 1 is 1.05 bits per heavy atom. The molecule has 2 rings (SSSR count). The summed E-state index contributed by atoms with van der Waals surface area (Å²) >= 11 is 6.10. The zero-order valence-electron chi connectivity index (χ0n) is 12.9. The molecule has 0 aliphatic carbocycles. The molecule has 21 heavy (non-hydrogen) atoms. The van der Waals surface area contributed by atoms with Crippen LogP contribution in [0, 0.1) is 13.8 Å². The summed E-state index contributed by atoms with van der Waals surface area (Å²) in [6, 6.07) is 11.9. The third-order valence-electron chi connectivity index (χ3n) is 3.48. The van der Waals surface area contributed by atoms with Crippen LogP contribution in [0.5, 0.6) is 11.5 Å². The number of halogens is 1. The Morgan fingerprint density at radius 2 is 1.86 bits per heavy atom. The Hall–Kier alpha value is -1.51. The molecule has 3 heteroatoms. The van der Waals surface area contributed by atoms with Gasteiger partial charge in [-0.1, -0.05) is 30.7 Å². The molecule has 0 saturated heterocycles. The van der Waals surface area contributed by atoms with Crippen molar-refractivity contribution in [2.45, 2.75) is 33.7 Å². The largest absolute Gasteiger partial charge is 0.457 e. The number of aryl methyl sites for hydroxylation is 2. The first kappa shape index (κ1) is 15.9. The minimum atomic E-state index is 0.688. The molecule has 112 valence electrons. The third-order valence-corrected chi connectivity index (χ3v) is 3.71. The van der Waals surface area contributed by atoms with E-state index >= 15 is 0 Å². The summed E-state index contributed by atoms with van der Waals surface area (Å²) < 4.78 is 6.03. The first-order valence-corrected chi connectivity index (χ1v) is 7.72. The van der Waals surface area contributed by atoms with Crippen molar-refractivity contribution in [2.75, 3.05) is 6.54 Å². The molecule has 0 atom stereocenters. The fraction of sp³-hybridized carbons (Fsp3) is 0.333. The molecule has 0 spiro atoms. The second-order valence-corrected chi connectivity index (χ2v) is 5.71. The van der Waals surface area contributed by atoms with Crippen molar-refractivity contribution in [2.24, 2.45) is 0 Å². The van der Waals surface area contributed by atoms with Crippen LogP contribution in [0.2, 0.25) is 5.02 Å². The van der Waals surface area contributed by atoms with Crippen LogP contribution < -0.4 is 10.1 Å². The summed E-state index contributed by atoms with van der Waals surface area (Å²) in [5.41, 5.74) is 3.60. The van der Waals surface area contributed by atoms with Crippen molar-refractivity contribution >= 4 is 11.6 Å². The van der Waals surface area contributed by atoms with E-state index in [-0.39, 0.29) is 0 Å². The minimum Gasteiger partial charge on any atom is -0.457 e. The first-order chi connectivity index (χ1) is 10.1. The molecular weight excluding hydrogens is 282 g/mol. The number of nitrogens with one attached hydrogen (secondary N) is 1. The van der Waals surface area contributed by atoms with Crippen LogP contribution in [-0.2, 0) is 6.54 Å². The molecule has 2 aromatic carbocycles. The molecule has 0 unspecified atom stereocenters. The fourth-order valence-corrected chi connectivity index (χ4v) is 2.24. The van der Waals surface area contributed by atoms with Crippen molar-refractivity contribution in [1.82, 2.24) is 5.32 Å². The van der Waals surface area contributed by atoms with Crippen molar-refractivity contribution in [3.8, 4) is 11.5 Å². The van der Waals surface area contributed by atoms with Gasteiger partial charge in [-0.25, -0.2) is 0 Å². The van der Waals surface area contributed by atoms with Gasteiger partial charge in [0.25, 0.3) is 0 Å². The monoisotopic (exact) mass is 303 g/mol. The second kappa shape index (κ2) is 7.48. The van der Waals surface area contributed by atoms with Crippen LogP contribution >= 0.6 is 11.6 Å². The van der Waals surface area contributed by atoms with Crippen molar-refractivity contribution in [1.29, 1.82) is 0 Å². The van der Waals surface area contributed by atoms with Gasteiger partial charge < -0.3 is 10.1 Å². The summed E-state index contributed by atoms with van der Waals surface area (Å²) in [6.45, 7) is 8.11.